The van der Waals surface area contributed by atoms with E-state index < -0.39 is 0 Å². The van der Waals surface area contributed by atoms with Crippen LogP contribution in [0, 0.1) is 0 Å². The van der Waals surface area contributed by atoms with Gasteiger partial charge in [0.25, 0.3) is 0 Å². The molecule has 0 saturated carbocycles. The van der Waals surface area contributed by atoms with Crippen LogP contribution < -0.4 is 5.32 Å². The van der Waals surface area contributed by atoms with Gasteiger partial charge in [-0.2, -0.15) is 0 Å². The van der Waals surface area contributed by atoms with Crippen molar-refractivity contribution in [2.24, 2.45) is 0 Å². The van der Waals surface area contributed by atoms with Crippen molar-refractivity contribution in [3.05, 3.63) is 42.7 Å². The molecule has 0 bridgehead atoms. The molecule has 6 heteroatoms. The van der Waals surface area contributed by atoms with E-state index in [0.717, 1.165) is 15.9 Å². The van der Waals surface area contributed by atoms with E-state index in [1.807, 2.05) is 51.1 Å². The summed E-state index contributed by atoms with van der Waals surface area (Å²) in [5.41, 5.74) is 0.831. The molecule has 3 rings (SSSR count). The number of fused-ring (bicyclic) bond motifs is 1. The van der Waals surface area contributed by atoms with Gasteiger partial charge in [0, 0.05) is 11.4 Å². The number of carbonyl (C=O) groups excluding carboxylic acids is 1. The number of thioether (sulfide) groups is 1. The first-order valence-electron chi connectivity index (χ1n) is 7.82. The molecule has 0 aliphatic carbocycles. The Labute approximate surface area is 144 Å². The summed E-state index contributed by atoms with van der Waals surface area (Å²) in [7, 11) is 0. The number of nitrogens with zero attached hydrogens (tertiary/aromatic N) is 2. The van der Waals surface area contributed by atoms with Gasteiger partial charge in [-0.1, -0.05) is 30.0 Å². The lowest BCUT2D eigenvalue weighted by atomic mass is 10.2. The molecule has 0 fully saturated rings. The van der Waals surface area contributed by atoms with Gasteiger partial charge in [0.15, 0.2) is 11.6 Å². The summed E-state index contributed by atoms with van der Waals surface area (Å²) in [6.07, 6.45) is 1.60. The summed E-state index contributed by atoms with van der Waals surface area (Å²) < 4.78 is 5.41. The molecule has 0 aliphatic heterocycles. The molecule has 124 valence electrons. The average Bonchev–Trinajstić information content (AvgIpc) is 3.08. The second kappa shape index (κ2) is 7.05. The molecule has 5 nitrogen and oxygen atoms in total. The molecule has 1 aromatic carbocycles. The Hall–Kier alpha value is -2.34. The molecule has 24 heavy (non-hydrogen) atoms. The highest BCUT2D eigenvalue weighted by Crippen LogP contribution is 2.31. The third-order valence-corrected chi connectivity index (χ3v) is 4.50. The summed E-state index contributed by atoms with van der Waals surface area (Å²) in [4.78, 5) is 21.4. The first-order valence-corrected chi connectivity index (χ1v) is 8.70. The van der Waals surface area contributed by atoms with E-state index in [0.29, 0.717) is 11.6 Å². The quantitative estimate of drug-likeness (QED) is 0.563. The van der Waals surface area contributed by atoms with E-state index in [1.165, 1.54) is 11.8 Å². The smallest absolute Gasteiger partial charge is 0.233 e. The molecular weight excluding hydrogens is 322 g/mol. The molecule has 2 heterocycles. The lowest BCUT2D eigenvalue weighted by Crippen LogP contribution is -2.35. The Morgan fingerprint density at radius 3 is 2.62 bits per heavy atom. The number of hydrogen-bond donors (Lipinski definition) is 1. The molecule has 1 atom stereocenters. The topological polar surface area (TPSA) is 68.0 Å². The van der Waals surface area contributed by atoms with Crippen molar-refractivity contribution in [3.8, 4) is 11.6 Å². The molecule has 0 unspecified atom stereocenters. The highest BCUT2D eigenvalue weighted by Gasteiger charge is 2.19. The molecule has 1 N–H and O–H groups in total. The lowest BCUT2D eigenvalue weighted by molar-refractivity contribution is -0.120. The van der Waals surface area contributed by atoms with Gasteiger partial charge in [0.1, 0.15) is 5.03 Å². The largest absolute Gasteiger partial charge is 0.461 e. The van der Waals surface area contributed by atoms with Crippen LogP contribution in [0.2, 0.25) is 0 Å². The summed E-state index contributed by atoms with van der Waals surface area (Å²) in [5.74, 6) is 1.14. The van der Waals surface area contributed by atoms with E-state index in [-0.39, 0.29) is 17.2 Å². The van der Waals surface area contributed by atoms with Gasteiger partial charge in [-0.15, -0.1) is 0 Å². The van der Waals surface area contributed by atoms with E-state index in [1.54, 1.807) is 12.3 Å². The highest BCUT2D eigenvalue weighted by atomic mass is 32.2. The monoisotopic (exact) mass is 341 g/mol. The van der Waals surface area contributed by atoms with Gasteiger partial charge in [-0.05, 0) is 39.0 Å². The van der Waals surface area contributed by atoms with Crippen LogP contribution in [0.5, 0.6) is 0 Å². The van der Waals surface area contributed by atoms with Crippen molar-refractivity contribution in [1.29, 1.82) is 0 Å². The van der Waals surface area contributed by atoms with E-state index in [2.05, 4.69) is 15.3 Å². The van der Waals surface area contributed by atoms with Crippen molar-refractivity contribution in [3.63, 3.8) is 0 Å². The predicted octanol–water partition coefficient (Wildman–Crippen LogP) is 3.90. The summed E-state index contributed by atoms with van der Waals surface area (Å²) in [5, 5.41) is 4.39. The zero-order valence-electron chi connectivity index (χ0n) is 13.8. The summed E-state index contributed by atoms with van der Waals surface area (Å²) >= 11 is 1.43. The van der Waals surface area contributed by atoms with Crippen LogP contribution in [-0.4, -0.2) is 27.2 Å². The fraction of sp³-hybridized carbons (Fsp3) is 0.278. The number of nitrogens with one attached hydrogen (secondary N) is 1. The van der Waals surface area contributed by atoms with Gasteiger partial charge in [0.2, 0.25) is 5.91 Å². The van der Waals surface area contributed by atoms with Gasteiger partial charge in [-0.3, -0.25) is 4.79 Å². The summed E-state index contributed by atoms with van der Waals surface area (Å²) in [6, 6.07) is 11.5. The van der Waals surface area contributed by atoms with Crippen LogP contribution in [0.15, 0.2) is 52.1 Å². The van der Waals surface area contributed by atoms with Crippen molar-refractivity contribution in [1.82, 2.24) is 15.3 Å². The van der Waals surface area contributed by atoms with Crippen LogP contribution in [-0.2, 0) is 4.79 Å². The SMILES string of the molecule is CC(C)NC(=O)[C@@H](C)Sc1nc(-c2ccco2)nc2ccccc12. The number of benzene rings is 1. The first-order chi connectivity index (χ1) is 11.5. The highest BCUT2D eigenvalue weighted by molar-refractivity contribution is 8.00. The standard InChI is InChI=1S/C18H19N3O2S/c1-11(2)19-17(22)12(3)24-18-13-7-4-5-8-14(13)20-16(21-18)15-9-6-10-23-15/h4-12H,1-3H3,(H,19,22)/t12-/m1/s1. The van der Waals surface area contributed by atoms with Crippen LogP contribution in [0.1, 0.15) is 20.8 Å². The Kier molecular flexibility index (Phi) is 4.85. The van der Waals surface area contributed by atoms with Crippen molar-refractivity contribution in [2.45, 2.75) is 37.1 Å². The maximum Gasteiger partial charge on any atom is 0.233 e. The number of amides is 1. The van der Waals surface area contributed by atoms with E-state index in [4.69, 9.17) is 4.42 Å². The second-order valence-corrected chi connectivity index (χ2v) is 7.10. The van der Waals surface area contributed by atoms with Crippen LogP contribution in [0.25, 0.3) is 22.5 Å². The Bertz CT molecular complexity index is 847. The third-order valence-electron chi connectivity index (χ3n) is 3.40. The number of furan rings is 1. The Morgan fingerprint density at radius 2 is 1.92 bits per heavy atom. The maximum absolute atomic E-state index is 12.2. The normalized spacial score (nSPS) is 12.5. The molecule has 0 saturated heterocycles. The molecule has 3 aromatic rings. The number of rotatable bonds is 5. The van der Waals surface area contributed by atoms with E-state index >= 15 is 0 Å². The van der Waals surface area contributed by atoms with Gasteiger partial charge in [-0.25, -0.2) is 9.97 Å². The number of hydrogen-bond acceptors (Lipinski definition) is 5. The van der Waals surface area contributed by atoms with Crippen molar-refractivity contribution in [2.75, 3.05) is 0 Å². The fourth-order valence-electron chi connectivity index (χ4n) is 2.28. The number of carbonyl (C=O) groups is 1. The minimum absolute atomic E-state index is 0.00255. The van der Waals surface area contributed by atoms with Crippen LogP contribution in [0.3, 0.4) is 0 Å². The predicted molar refractivity (Wildman–Crippen MR) is 95.8 cm³/mol. The van der Waals surface area contributed by atoms with Gasteiger partial charge < -0.3 is 9.73 Å². The number of para-hydroxylation sites is 1. The van der Waals surface area contributed by atoms with Crippen molar-refractivity contribution >= 4 is 28.6 Å². The average molecular weight is 341 g/mol. The van der Waals surface area contributed by atoms with Crippen molar-refractivity contribution < 1.29 is 9.21 Å². The molecule has 2 aromatic heterocycles. The Balaban J connectivity index is 1.98. The van der Waals surface area contributed by atoms with Gasteiger partial charge >= 0.3 is 0 Å². The van der Waals surface area contributed by atoms with Crippen LogP contribution >= 0.6 is 11.8 Å². The minimum Gasteiger partial charge on any atom is -0.461 e. The second-order valence-electron chi connectivity index (χ2n) is 5.77. The fourth-order valence-corrected chi connectivity index (χ4v) is 3.22. The molecule has 0 spiro atoms. The molecule has 0 radical (unpaired) electrons. The third kappa shape index (κ3) is 3.59. The van der Waals surface area contributed by atoms with Gasteiger partial charge in [0.05, 0.1) is 17.0 Å². The van der Waals surface area contributed by atoms with Crippen LogP contribution in [0.4, 0.5) is 0 Å². The van der Waals surface area contributed by atoms with E-state index in [9.17, 15) is 4.79 Å². The number of aromatic nitrogens is 2. The molecule has 0 aliphatic rings. The zero-order chi connectivity index (χ0) is 17.1. The zero-order valence-corrected chi connectivity index (χ0v) is 14.6. The summed E-state index contributed by atoms with van der Waals surface area (Å²) in [6.45, 7) is 5.78. The Morgan fingerprint density at radius 1 is 1.12 bits per heavy atom. The molecule has 1 amide bonds. The minimum atomic E-state index is -0.254. The maximum atomic E-state index is 12.2. The molecular formula is C18H19N3O2S. The first kappa shape index (κ1) is 16.5. The lowest BCUT2D eigenvalue weighted by Gasteiger charge is -2.15.